The Labute approximate surface area is 564 Å². The number of nitrogens with one attached hydrogen (secondary N) is 3. The van der Waals surface area contributed by atoms with E-state index in [2.05, 4.69) is 26.6 Å². The molecule has 23 nitrogen and oxygen atoms in total. The third-order valence-corrected chi connectivity index (χ3v) is 14.8. The number of fused-ring (bicyclic) bond motifs is 3. The normalized spacial score (nSPS) is 11.0. The van der Waals surface area contributed by atoms with E-state index in [1.165, 1.54) is 48.5 Å². The van der Waals surface area contributed by atoms with Crippen LogP contribution in [0.15, 0.2) is 141 Å². The standard InChI is InChI=1S/C22H19Cl2NO6.C18H11Cl2NO6.C16H16BrNO6.C6H5BCl2O2/c1-22(2,3)31-17(26)10-25-20(28)18-19(27)13-6-4-12(9-16(13)30-21(18)29)11-5-7-14(23)15(24)8-11;19-11-4-2-8(5-12(11)20)9-1-3-10-13(6-9)27-18(26)15(16(10)24)17(25)21-7-14(22)23;1-16(2,3)24-11(19)7-18-14(21)12-13(20)9-5-4-8(17)6-10(9)23-15(12)22;8-5-2-1-4(7(10)11)3-6(5)9/h4-9,27H,10H2,1-3H3,(H,25,28);1-6,24H,7H2,(H,21,25)(H,22,23);4-6,20H,7H2,1-3H3,(H,18,21);1-3,10-11H. The zero-order valence-corrected chi connectivity index (χ0v) is 55.3. The first-order valence-electron chi connectivity index (χ1n) is 26.7. The van der Waals surface area contributed by atoms with Gasteiger partial charge in [0.2, 0.25) is 0 Å². The van der Waals surface area contributed by atoms with Gasteiger partial charge in [-0.1, -0.05) is 116 Å². The van der Waals surface area contributed by atoms with Gasteiger partial charge in [-0.15, -0.1) is 0 Å². The van der Waals surface area contributed by atoms with E-state index >= 15 is 0 Å². The van der Waals surface area contributed by atoms with Crippen molar-refractivity contribution in [2.24, 2.45) is 0 Å². The summed E-state index contributed by atoms with van der Waals surface area (Å²) in [5, 5.41) is 66.2. The highest BCUT2D eigenvalue weighted by atomic mass is 79.9. The highest BCUT2D eigenvalue weighted by molar-refractivity contribution is 9.10. The lowest BCUT2D eigenvalue weighted by Gasteiger charge is -2.19. The maximum absolute atomic E-state index is 12.4. The van der Waals surface area contributed by atoms with Gasteiger partial charge in [-0.05, 0) is 148 Å². The Balaban J connectivity index is 0.000000206. The monoisotopic (exact) mass is 1460 g/mol. The molecule has 9 rings (SSSR count). The first-order chi connectivity index (χ1) is 43.4. The van der Waals surface area contributed by atoms with Crippen molar-refractivity contribution in [3.63, 3.8) is 0 Å². The van der Waals surface area contributed by atoms with Crippen molar-refractivity contribution in [1.82, 2.24) is 16.0 Å². The molecular formula is C62H51BBrCl6N3O20. The first kappa shape index (κ1) is 73.4. The molecule has 0 aliphatic rings. The van der Waals surface area contributed by atoms with Crippen molar-refractivity contribution in [3.05, 3.63) is 192 Å². The molecule has 0 radical (unpaired) electrons. The molecule has 0 saturated heterocycles. The van der Waals surface area contributed by atoms with Gasteiger partial charge in [-0.2, -0.15) is 0 Å². The van der Waals surface area contributed by atoms with E-state index in [-0.39, 0.29) is 32.9 Å². The predicted molar refractivity (Wildman–Crippen MR) is 354 cm³/mol. The van der Waals surface area contributed by atoms with Gasteiger partial charge in [0, 0.05) is 4.47 Å². The molecule has 9 N–H and O–H groups in total. The molecule has 3 amide bonds. The number of amides is 3. The van der Waals surface area contributed by atoms with Crippen LogP contribution in [0.4, 0.5) is 0 Å². The molecule has 0 atom stereocenters. The summed E-state index contributed by atoms with van der Waals surface area (Å²) in [7, 11) is -1.50. The fraction of sp³-hybridized carbons (Fsp3) is 0.177. The summed E-state index contributed by atoms with van der Waals surface area (Å²) in [5.74, 6) is -7.20. The lowest BCUT2D eigenvalue weighted by molar-refractivity contribution is -0.154. The van der Waals surface area contributed by atoms with Gasteiger partial charge in [0.1, 0.15) is 64.8 Å². The number of carboxylic acid groups (broad SMARTS) is 1. The van der Waals surface area contributed by atoms with Crippen molar-refractivity contribution < 1.29 is 82.0 Å². The van der Waals surface area contributed by atoms with Gasteiger partial charge in [-0.25, -0.2) is 14.4 Å². The SMILES string of the molecule is CC(C)(C)OC(=O)CNC(=O)c1c(O)c2ccc(-c3ccc(Cl)c(Cl)c3)cc2oc1=O.CC(C)(C)OC(=O)CNC(=O)c1c(O)c2ccc(Br)cc2oc1=O.O=C(O)CNC(=O)c1c(O)c2ccc(-c3ccc(Cl)c(Cl)c3)cc2oc1=O.OB(O)c1ccc(Cl)c(Cl)c1. The lowest BCUT2D eigenvalue weighted by Crippen LogP contribution is -2.36. The van der Waals surface area contributed by atoms with E-state index in [9.17, 15) is 58.5 Å². The summed E-state index contributed by atoms with van der Waals surface area (Å²) >= 11 is 38.3. The third kappa shape index (κ3) is 19.9. The van der Waals surface area contributed by atoms with Crippen LogP contribution in [0.25, 0.3) is 55.2 Å². The fourth-order valence-electron chi connectivity index (χ4n) is 7.99. The number of halogens is 7. The zero-order chi connectivity index (χ0) is 69.1. The van der Waals surface area contributed by atoms with E-state index in [4.69, 9.17) is 107 Å². The number of carbonyl (C=O) groups excluding carboxylic acids is 5. The number of ether oxygens (including phenoxy) is 2. The molecule has 3 heterocycles. The first-order valence-corrected chi connectivity index (χ1v) is 29.8. The van der Waals surface area contributed by atoms with Crippen LogP contribution < -0.4 is 38.3 Å². The molecule has 6 aromatic carbocycles. The van der Waals surface area contributed by atoms with Gasteiger partial charge < -0.3 is 69.1 Å². The van der Waals surface area contributed by atoms with Gasteiger partial charge in [0.15, 0.2) is 16.7 Å². The molecule has 93 heavy (non-hydrogen) atoms. The van der Waals surface area contributed by atoms with E-state index < -0.39 is 124 Å². The summed E-state index contributed by atoms with van der Waals surface area (Å²) in [4.78, 5) is 107. The molecule has 0 aliphatic heterocycles. The minimum atomic E-state index is -1.50. The van der Waals surface area contributed by atoms with Gasteiger partial charge in [-0.3, -0.25) is 28.8 Å². The lowest BCUT2D eigenvalue weighted by atomic mass is 9.80. The number of esters is 2. The van der Waals surface area contributed by atoms with Gasteiger partial charge in [0.25, 0.3) is 17.7 Å². The van der Waals surface area contributed by atoms with Crippen LogP contribution in [0.1, 0.15) is 72.6 Å². The number of carbonyl (C=O) groups is 6. The van der Waals surface area contributed by atoms with Crippen LogP contribution in [0.3, 0.4) is 0 Å². The molecule has 31 heteroatoms. The number of aliphatic carboxylic acids is 1. The molecule has 0 bridgehead atoms. The Bertz CT molecular complexity index is 4600. The Morgan fingerprint density at radius 1 is 0.452 bits per heavy atom. The van der Waals surface area contributed by atoms with Crippen LogP contribution in [0.2, 0.25) is 30.1 Å². The molecule has 0 unspecified atom stereocenters. The molecule has 486 valence electrons. The highest BCUT2D eigenvalue weighted by Crippen LogP contribution is 2.36. The van der Waals surface area contributed by atoms with Crippen molar-refractivity contribution >= 4 is 167 Å². The van der Waals surface area contributed by atoms with Crippen LogP contribution in [0, 0.1) is 0 Å². The zero-order valence-electron chi connectivity index (χ0n) is 49.1. The van der Waals surface area contributed by atoms with Crippen molar-refractivity contribution in [1.29, 1.82) is 0 Å². The summed E-state index contributed by atoms with van der Waals surface area (Å²) in [6.07, 6.45) is 0. The Kier molecular flexibility index (Phi) is 24.7. The topological polar surface area (TPSA) is 369 Å². The summed E-state index contributed by atoms with van der Waals surface area (Å²) in [5.41, 5.74) is -3.04. The average molecular weight is 1460 g/mol. The molecule has 0 spiro atoms. The molecular weight excluding hydrogens is 1410 g/mol. The van der Waals surface area contributed by atoms with Crippen LogP contribution in [-0.2, 0) is 23.9 Å². The number of aromatic hydroxyl groups is 3. The van der Waals surface area contributed by atoms with E-state index in [0.717, 1.165) is 5.56 Å². The number of hydrogen-bond acceptors (Lipinski definition) is 19. The van der Waals surface area contributed by atoms with Crippen LogP contribution >= 0.6 is 85.5 Å². The van der Waals surface area contributed by atoms with Crippen molar-refractivity contribution in [3.8, 4) is 39.5 Å². The Morgan fingerprint density at radius 3 is 1.10 bits per heavy atom. The minimum absolute atomic E-state index is 0.0517. The number of benzene rings is 6. The number of rotatable bonds is 12. The van der Waals surface area contributed by atoms with E-state index in [0.29, 0.717) is 56.8 Å². The molecule has 9 aromatic rings. The maximum atomic E-state index is 12.4. The minimum Gasteiger partial charge on any atom is -0.506 e. The summed E-state index contributed by atoms with van der Waals surface area (Å²) in [6, 6.07) is 28.4. The Morgan fingerprint density at radius 2 is 0.763 bits per heavy atom. The second-order valence-corrected chi connectivity index (χ2v) is 24.7. The Hall–Kier alpha value is -8.63. The van der Waals surface area contributed by atoms with Crippen molar-refractivity contribution in [2.75, 3.05) is 19.6 Å². The fourth-order valence-corrected chi connectivity index (χ4v) is 9.24. The average Bonchev–Trinajstić information content (AvgIpc) is 0.797. The number of hydrogen-bond donors (Lipinski definition) is 9. The van der Waals surface area contributed by atoms with E-state index in [1.807, 2.05) is 5.32 Å². The second kappa shape index (κ2) is 31.3. The van der Waals surface area contributed by atoms with Crippen LogP contribution in [0.5, 0.6) is 17.2 Å². The smallest absolute Gasteiger partial charge is 0.488 e. The predicted octanol–water partition coefficient (Wildman–Crippen LogP) is 10.8. The number of carboxylic acids is 1. The second-order valence-electron chi connectivity index (χ2n) is 21.3. The third-order valence-electron chi connectivity index (χ3n) is 12.1. The van der Waals surface area contributed by atoms with Gasteiger partial charge >= 0.3 is 41.9 Å². The van der Waals surface area contributed by atoms with Gasteiger partial charge in [0.05, 0.1) is 46.3 Å². The molecule has 3 aromatic heterocycles. The summed E-state index contributed by atoms with van der Waals surface area (Å²) < 4.78 is 26.2. The van der Waals surface area contributed by atoms with E-state index in [1.54, 1.807) is 102 Å². The molecule has 0 fully saturated rings. The molecule has 0 saturated carbocycles. The van der Waals surface area contributed by atoms with Crippen molar-refractivity contribution in [2.45, 2.75) is 52.7 Å². The maximum Gasteiger partial charge on any atom is 0.488 e. The summed E-state index contributed by atoms with van der Waals surface area (Å²) in [6.45, 7) is 8.51. The van der Waals surface area contributed by atoms with Crippen LogP contribution in [-0.4, -0.2) is 104 Å². The largest absolute Gasteiger partial charge is 0.506 e. The molecule has 0 aliphatic carbocycles. The quantitative estimate of drug-likeness (QED) is 0.0312. The highest BCUT2D eigenvalue weighted by Gasteiger charge is 2.27.